The number of Topliss-reactive ketones (excluding diaryl/α,β-unsaturated/α-hetero) is 4. The van der Waals surface area contributed by atoms with Gasteiger partial charge in [-0.1, -0.05) is 0 Å². The molecule has 0 saturated carbocycles. The number of carbonyl (C=O) groups is 5. The van der Waals surface area contributed by atoms with Gasteiger partial charge in [-0.05, 0) is 43.5 Å². The van der Waals surface area contributed by atoms with Crippen molar-refractivity contribution in [1.29, 1.82) is 0 Å². The van der Waals surface area contributed by atoms with Crippen molar-refractivity contribution >= 4 is 43.8 Å². The summed E-state index contributed by atoms with van der Waals surface area (Å²) in [5.41, 5.74) is -12.8. The van der Waals surface area contributed by atoms with Crippen LogP contribution in [0.3, 0.4) is 0 Å². The Morgan fingerprint density at radius 2 is 1.36 bits per heavy atom. The second-order valence-corrected chi connectivity index (χ2v) is 5.81. The Balaban J connectivity index is 7.36. The molecule has 0 heterocycles. The van der Waals surface area contributed by atoms with Gasteiger partial charge in [-0.3, -0.25) is 24.0 Å². The van der Waals surface area contributed by atoms with Gasteiger partial charge in [-0.25, -0.2) is 0 Å². The summed E-state index contributed by atoms with van der Waals surface area (Å²) in [5.74, 6) is -7.64. The highest BCUT2D eigenvalue weighted by atomic mass is 79.9. The van der Waals surface area contributed by atoms with Crippen LogP contribution >= 0.6 is 15.9 Å². The Morgan fingerprint density at radius 3 is 1.72 bits per heavy atom. The maximum Gasteiger partial charge on any atom is 0.240 e. The molecule has 0 aliphatic heterocycles. The molecule has 25 heavy (non-hydrogen) atoms. The van der Waals surface area contributed by atoms with Crippen LogP contribution in [0.25, 0.3) is 0 Å². The van der Waals surface area contributed by atoms with Gasteiger partial charge in [0.1, 0.15) is 12.2 Å². The Bertz CT molecular complexity index is 706. The van der Waals surface area contributed by atoms with E-state index >= 15 is 0 Å². The molecule has 10 nitrogen and oxygen atoms in total. The Labute approximate surface area is 156 Å². The lowest BCUT2D eigenvalue weighted by molar-refractivity contribution is -0.249. The fourth-order valence-corrected chi connectivity index (χ4v) is 2.64. The predicted molar refractivity (Wildman–Crippen MR) is 83.5 cm³/mol. The Kier molecular flexibility index (Phi) is 5.10. The quantitative estimate of drug-likeness (QED) is 0.188. The number of carbonyl (C=O) groups excluding carboxylic acids is 5. The minimum absolute atomic E-state index is 1.22. The standard InChI is InChI=1S/C14H19BrO10/c1-5(16)9(20)10(21)12(23,6(2)17)14(25,8(4)19)13(24,7(3)18)11(15)22/h9-10,20-21,23-25H,1-4H3/t9?,10-,12-,13+,14+/m1/s1/i1D,2D,3D,4D. The van der Waals surface area contributed by atoms with Crippen molar-refractivity contribution in [3.8, 4) is 0 Å². The van der Waals surface area contributed by atoms with Crippen LogP contribution < -0.4 is 0 Å². The van der Waals surface area contributed by atoms with Gasteiger partial charge in [0.25, 0.3) is 0 Å². The zero-order chi connectivity index (χ0) is 23.4. The largest absolute Gasteiger partial charge is 0.386 e. The average molecular weight is 431 g/mol. The monoisotopic (exact) mass is 430 g/mol. The fourth-order valence-electron chi connectivity index (χ4n) is 2.13. The molecular weight excluding hydrogens is 408 g/mol. The lowest BCUT2D eigenvalue weighted by Crippen LogP contribution is -2.81. The number of aliphatic hydroxyl groups excluding tert-OH is 2. The van der Waals surface area contributed by atoms with E-state index in [-0.39, 0.29) is 0 Å². The zero-order valence-corrected chi connectivity index (χ0v) is 14.2. The summed E-state index contributed by atoms with van der Waals surface area (Å²) in [4.78, 5) is 60.3. The molecule has 0 fully saturated rings. The highest BCUT2D eigenvalue weighted by Crippen LogP contribution is 2.41. The first-order valence-electron chi connectivity index (χ1n) is 9.05. The topological polar surface area (TPSA) is 186 Å². The van der Waals surface area contributed by atoms with E-state index in [2.05, 4.69) is 15.9 Å². The molecule has 0 aromatic heterocycles. The average Bonchev–Trinajstić information content (AvgIpc) is 2.72. The SMILES string of the molecule is [2H]CC(=O)C(O)[C@@H](O)[C@](O)(C(=O)C[2H])[C@@](O)(C(=O)C[2H])[C@@](O)(C(=O)Br)C(=O)C[2H]. The fraction of sp³-hybridized carbons (Fsp3) is 0.643. The van der Waals surface area contributed by atoms with Gasteiger partial charge in [-0.2, -0.15) is 0 Å². The Hall–Kier alpha value is -1.37. The molecular formula is C14H19BrO10. The van der Waals surface area contributed by atoms with Crippen LogP contribution in [-0.2, 0) is 24.0 Å². The van der Waals surface area contributed by atoms with E-state index in [1.54, 1.807) is 0 Å². The van der Waals surface area contributed by atoms with Gasteiger partial charge in [0, 0.05) is 5.48 Å². The first kappa shape index (κ1) is 17.1. The Morgan fingerprint density at radius 1 is 0.880 bits per heavy atom. The molecule has 5 N–H and O–H groups in total. The van der Waals surface area contributed by atoms with E-state index in [9.17, 15) is 49.5 Å². The third-order valence-corrected chi connectivity index (χ3v) is 4.22. The number of halogens is 1. The summed E-state index contributed by atoms with van der Waals surface area (Å²) in [7, 11) is 0. The summed E-state index contributed by atoms with van der Waals surface area (Å²) in [6.07, 6.45) is -6.07. The highest BCUT2D eigenvalue weighted by Gasteiger charge is 2.75. The van der Waals surface area contributed by atoms with E-state index < -0.39 is 84.4 Å². The molecule has 11 heteroatoms. The first-order chi connectivity index (χ1) is 13.2. The summed E-state index contributed by atoms with van der Waals surface area (Å²) in [6.45, 7) is -5.89. The van der Waals surface area contributed by atoms with Crippen LogP contribution in [0.4, 0.5) is 0 Å². The molecule has 0 radical (unpaired) electrons. The molecule has 0 bridgehead atoms. The van der Waals surface area contributed by atoms with E-state index in [0.29, 0.717) is 0 Å². The highest BCUT2D eigenvalue weighted by molar-refractivity contribution is 9.18. The minimum atomic E-state index is -4.40. The molecule has 0 aliphatic carbocycles. The van der Waals surface area contributed by atoms with Crippen LogP contribution in [0.5, 0.6) is 0 Å². The molecule has 0 aromatic carbocycles. The summed E-state index contributed by atoms with van der Waals surface area (Å²) in [6, 6.07) is 0. The van der Waals surface area contributed by atoms with Gasteiger partial charge >= 0.3 is 0 Å². The van der Waals surface area contributed by atoms with Crippen molar-refractivity contribution in [2.75, 3.05) is 0 Å². The molecule has 5 atom stereocenters. The van der Waals surface area contributed by atoms with Gasteiger partial charge in [0.15, 0.2) is 28.7 Å². The lowest BCUT2D eigenvalue weighted by Gasteiger charge is -2.49. The van der Waals surface area contributed by atoms with Gasteiger partial charge in [0.05, 0.1) is 0 Å². The van der Waals surface area contributed by atoms with Crippen molar-refractivity contribution in [3.05, 3.63) is 0 Å². The van der Waals surface area contributed by atoms with Crippen molar-refractivity contribution in [2.45, 2.75) is 56.6 Å². The van der Waals surface area contributed by atoms with Gasteiger partial charge < -0.3 is 25.5 Å². The van der Waals surface area contributed by atoms with Crippen LogP contribution in [0, 0.1) is 0 Å². The van der Waals surface area contributed by atoms with E-state index in [0.717, 1.165) is 0 Å². The number of aliphatic hydroxyl groups is 5. The molecule has 0 aliphatic rings. The number of rotatable bonds is 9. The number of hydrogen-bond donors (Lipinski definition) is 5. The van der Waals surface area contributed by atoms with E-state index in [4.69, 9.17) is 5.48 Å². The van der Waals surface area contributed by atoms with Crippen molar-refractivity contribution in [3.63, 3.8) is 0 Å². The van der Waals surface area contributed by atoms with Crippen LogP contribution in [0.15, 0.2) is 0 Å². The zero-order valence-electron chi connectivity index (χ0n) is 16.6. The maximum atomic E-state index is 12.4. The number of hydrogen-bond acceptors (Lipinski definition) is 10. The summed E-state index contributed by atoms with van der Waals surface area (Å²) < 4.78 is 26.2. The van der Waals surface area contributed by atoms with Crippen LogP contribution in [0.1, 0.15) is 33.1 Å². The van der Waals surface area contributed by atoms with Crippen LogP contribution in [0.2, 0.25) is 0 Å². The molecule has 0 rings (SSSR count). The van der Waals surface area contributed by atoms with Crippen molar-refractivity contribution in [1.82, 2.24) is 0 Å². The molecule has 1 unspecified atom stereocenters. The molecule has 0 saturated heterocycles. The van der Waals surface area contributed by atoms with E-state index in [1.165, 1.54) is 0 Å². The lowest BCUT2D eigenvalue weighted by atomic mass is 9.62. The third-order valence-electron chi connectivity index (χ3n) is 3.65. The maximum absolute atomic E-state index is 12.4. The summed E-state index contributed by atoms with van der Waals surface area (Å²) >= 11 is 2.09. The normalized spacial score (nSPS) is 23.1. The van der Waals surface area contributed by atoms with Gasteiger partial charge in [0.2, 0.25) is 15.9 Å². The van der Waals surface area contributed by atoms with Crippen LogP contribution in [-0.4, -0.2) is 82.4 Å². The molecule has 0 spiro atoms. The number of ketones is 4. The minimum Gasteiger partial charge on any atom is -0.386 e. The summed E-state index contributed by atoms with van der Waals surface area (Å²) in [5, 5.41) is 52.4. The van der Waals surface area contributed by atoms with E-state index in [1.807, 2.05) is 0 Å². The van der Waals surface area contributed by atoms with Gasteiger partial charge in [-0.15, -0.1) is 0 Å². The van der Waals surface area contributed by atoms with Crippen molar-refractivity contribution in [2.24, 2.45) is 0 Å². The predicted octanol–water partition coefficient (Wildman–Crippen LogP) is -2.82. The second kappa shape index (κ2) is 7.48. The molecule has 0 aromatic rings. The van der Waals surface area contributed by atoms with Crippen molar-refractivity contribution < 1.29 is 55.0 Å². The first-order valence-corrected chi connectivity index (χ1v) is 7.01. The molecule has 0 amide bonds. The third kappa shape index (κ3) is 3.23. The smallest absolute Gasteiger partial charge is 0.240 e. The second-order valence-electron chi connectivity index (χ2n) is 5.09. The molecule has 142 valence electrons.